The minimum absolute atomic E-state index is 0.0872. The zero-order valence-corrected chi connectivity index (χ0v) is 24.4. The van der Waals surface area contributed by atoms with Gasteiger partial charge in [-0.3, -0.25) is 9.10 Å². The maximum atomic E-state index is 14.0. The van der Waals surface area contributed by atoms with Gasteiger partial charge in [0, 0.05) is 12.1 Å². The fraction of sp³-hybridized carbons (Fsp3) is 0.345. The molecule has 210 valence electrons. The molecule has 0 aliphatic rings. The van der Waals surface area contributed by atoms with E-state index in [0.717, 1.165) is 26.6 Å². The maximum Gasteiger partial charge on any atom is 0.265 e. The summed E-state index contributed by atoms with van der Waals surface area (Å²) in [6, 6.07) is 12.8. The second-order valence-corrected chi connectivity index (χ2v) is 11.0. The van der Waals surface area contributed by atoms with Gasteiger partial charge in [-0.15, -0.1) is 0 Å². The summed E-state index contributed by atoms with van der Waals surface area (Å²) in [5.74, 6) is 0.773. The van der Waals surface area contributed by atoms with Gasteiger partial charge in [0.2, 0.25) is 5.91 Å². The highest BCUT2D eigenvalue weighted by atomic mass is 32.2. The van der Waals surface area contributed by atoms with Crippen molar-refractivity contribution in [1.29, 1.82) is 0 Å². The first-order chi connectivity index (χ1) is 18.5. The van der Waals surface area contributed by atoms with Gasteiger partial charge >= 0.3 is 0 Å². The van der Waals surface area contributed by atoms with Crippen LogP contribution in [0.5, 0.6) is 23.0 Å². The van der Waals surface area contributed by atoms with Gasteiger partial charge in [-0.05, 0) is 74.2 Å². The van der Waals surface area contributed by atoms with Gasteiger partial charge in [0.15, 0.2) is 11.5 Å². The summed E-state index contributed by atoms with van der Waals surface area (Å²) in [7, 11) is 1.49. The lowest BCUT2D eigenvalue weighted by atomic mass is 9.96. The Morgan fingerprint density at radius 3 is 2.03 bits per heavy atom. The maximum absolute atomic E-state index is 14.0. The first kappa shape index (κ1) is 29.6. The van der Waals surface area contributed by atoms with Crippen molar-refractivity contribution in [2.75, 3.05) is 39.3 Å². The predicted octanol–water partition coefficient (Wildman–Crippen LogP) is 4.72. The Morgan fingerprint density at radius 2 is 1.41 bits per heavy atom. The van der Waals surface area contributed by atoms with Crippen LogP contribution in [0, 0.1) is 20.8 Å². The molecule has 3 aromatic rings. The van der Waals surface area contributed by atoms with Gasteiger partial charge in [0.1, 0.15) is 18.0 Å². The molecule has 0 aromatic heterocycles. The average Bonchev–Trinajstić information content (AvgIpc) is 2.92. The number of amides is 1. The Bertz CT molecular complexity index is 1450. The van der Waals surface area contributed by atoms with Gasteiger partial charge in [-0.25, -0.2) is 8.42 Å². The molecule has 0 unspecified atom stereocenters. The predicted molar refractivity (Wildman–Crippen MR) is 151 cm³/mol. The van der Waals surface area contributed by atoms with Crippen LogP contribution < -0.4 is 28.6 Å². The number of aryl methyl sites for hydroxylation is 3. The Labute approximate surface area is 230 Å². The lowest BCUT2D eigenvalue weighted by molar-refractivity contribution is -0.120. The molecule has 0 bridgehead atoms. The van der Waals surface area contributed by atoms with Gasteiger partial charge < -0.3 is 24.3 Å². The van der Waals surface area contributed by atoms with Crippen LogP contribution in [0.4, 0.5) is 5.69 Å². The van der Waals surface area contributed by atoms with E-state index in [2.05, 4.69) is 11.4 Å². The van der Waals surface area contributed by atoms with E-state index in [4.69, 9.17) is 18.9 Å². The third kappa shape index (κ3) is 6.39. The molecule has 39 heavy (non-hydrogen) atoms. The molecule has 10 heteroatoms. The summed E-state index contributed by atoms with van der Waals surface area (Å²) in [5.41, 5.74) is 4.41. The standard InChI is InChI=1S/C29H36N2O7S/c1-18-13-20(3)24(14-19(18)2)21(4)30-29(32)17-31(25-15-22(35-5)9-11-26(25)36-6)39(33,34)23-10-12-27(37-7)28(16-23)38-8/h9-16,21H,17H2,1-8H3,(H,30,32)/t21-/m0/s1. The van der Waals surface area contributed by atoms with Crippen molar-refractivity contribution < 1.29 is 32.2 Å². The fourth-order valence-corrected chi connectivity index (χ4v) is 5.78. The van der Waals surface area contributed by atoms with Gasteiger partial charge in [0.25, 0.3) is 10.0 Å². The van der Waals surface area contributed by atoms with Crippen LogP contribution >= 0.6 is 0 Å². The molecule has 9 nitrogen and oxygen atoms in total. The zero-order chi connectivity index (χ0) is 28.9. The number of carbonyl (C=O) groups excluding carboxylic acids is 1. The molecule has 1 N–H and O–H groups in total. The summed E-state index contributed by atoms with van der Waals surface area (Å²) >= 11 is 0. The second kappa shape index (κ2) is 12.3. The molecule has 0 saturated heterocycles. The molecule has 0 spiro atoms. The van der Waals surface area contributed by atoms with Crippen LogP contribution in [0.2, 0.25) is 0 Å². The molecule has 0 heterocycles. The molecule has 0 aliphatic carbocycles. The van der Waals surface area contributed by atoms with Crippen molar-refractivity contribution in [2.24, 2.45) is 0 Å². The summed E-state index contributed by atoms with van der Waals surface area (Å²) < 4.78 is 50.5. The molecular weight excluding hydrogens is 520 g/mol. The number of benzene rings is 3. The quantitative estimate of drug-likeness (QED) is 0.365. The van der Waals surface area contributed by atoms with E-state index in [1.54, 1.807) is 12.1 Å². The molecule has 1 atom stereocenters. The molecular formula is C29H36N2O7S. The largest absolute Gasteiger partial charge is 0.497 e. The second-order valence-electron chi connectivity index (χ2n) is 9.15. The first-order valence-electron chi connectivity index (χ1n) is 12.3. The summed E-state index contributed by atoms with van der Waals surface area (Å²) in [4.78, 5) is 13.3. The van der Waals surface area contributed by atoms with Crippen molar-refractivity contribution in [3.63, 3.8) is 0 Å². The number of anilines is 1. The Kier molecular flexibility index (Phi) is 9.34. The van der Waals surface area contributed by atoms with Crippen LogP contribution in [0.1, 0.15) is 35.2 Å². The van der Waals surface area contributed by atoms with Crippen molar-refractivity contribution in [3.8, 4) is 23.0 Å². The fourth-order valence-electron chi connectivity index (χ4n) is 4.34. The Morgan fingerprint density at radius 1 is 0.795 bits per heavy atom. The molecule has 3 rings (SSSR count). The number of methoxy groups -OCH3 is 4. The molecule has 1 amide bonds. The number of sulfonamides is 1. The van der Waals surface area contributed by atoms with E-state index in [0.29, 0.717) is 11.5 Å². The average molecular weight is 557 g/mol. The lowest BCUT2D eigenvalue weighted by Crippen LogP contribution is -2.42. The number of hydrogen-bond donors (Lipinski definition) is 1. The molecule has 0 fully saturated rings. The van der Waals surface area contributed by atoms with Gasteiger partial charge in [-0.2, -0.15) is 0 Å². The summed E-state index contributed by atoms with van der Waals surface area (Å²) in [5, 5.41) is 2.95. The highest BCUT2D eigenvalue weighted by Gasteiger charge is 2.31. The van der Waals surface area contributed by atoms with E-state index in [9.17, 15) is 13.2 Å². The number of ether oxygens (including phenoxy) is 4. The Balaban J connectivity index is 2.06. The molecule has 0 aliphatic heterocycles. The van der Waals surface area contributed by atoms with Crippen LogP contribution in [-0.4, -0.2) is 49.3 Å². The van der Waals surface area contributed by atoms with Crippen LogP contribution in [0.15, 0.2) is 53.4 Å². The highest BCUT2D eigenvalue weighted by molar-refractivity contribution is 7.92. The van der Waals surface area contributed by atoms with Crippen molar-refractivity contribution >= 4 is 21.6 Å². The van der Waals surface area contributed by atoms with Crippen molar-refractivity contribution in [1.82, 2.24) is 5.32 Å². The number of carbonyl (C=O) groups is 1. The van der Waals surface area contributed by atoms with Crippen LogP contribution in [0.25, 0.3) is 0 Å². The van der Waals surface area contributed by atoms with Crippen LogP contribution in [-0.2, 0) is 14.8 Å². The van der Waals surface area contributed by atoms with Gasteiger partial charge in [0.05, 0.1) is 45.1 Å². The van der Waals surface area contributed by atoms with E-state index in [-0.39, 0.29) is 28.1 Å². The van der Waals surface area contributed by atoms with E-state index >= 15 is 0 Å². The molecule has 3 aromatic carbocycles. The smallest absolute Gasteiger partial charge is 0.265 e. The number of nitrogens with zero attached hydrogens (tertiary/aromatic N) is 1. The summed E-state index contributed by atoms with van der Waals surface area (Å²) in [6.45, 7) is 7.40. The zero-order valence-electron chi connectivity index (χ0n) is 23.6. The van der Waals surface area contributed by atoms with E-state index in [1.807, 2.05) is 33.8 Å². The van der Waals surface area contributed by atoms with E-state index in [1.165, 1.54) is 52.7 Å². The lowest BCUT2D eigenvalue weighted by Gasteiger charge is -2.27. The number of nitrogens with one attached hydrogen (secondary N) is 1. The molecule has 0 radical (unpaired) electrons. The Hall–Kier alpha value is -3.92. The minimum Gasteiger partial charge on any atom is -0.497 e. The van der Waals surface area contributed by atoms with Crippen molar-refractivity contribution in [2.45, 2.75) is 38.6 Å². The monoisotopic (exact) mass is 556 g/mol. The number of rotatable bonds is 11. The topological polar surface area (TPSA) is 103 Å². The third-order valence-corrected chi connectivity index (χ3v) is 8.37. The molecule has 0 saturated carbocycles. The highest BCUT2D eigenvalue weighted by Crippen LogP contribution is 2.37. The van der Waals surface area contributed by atoms with Crippen LogP contribution in [0.3, 0.4) is 0 Å². The normalized spacial score (nSPS) is 11.9. The third-order valence-electron chi connectivity index (χ3n) is 6.61. The number of hydrogen-bond acceptors (Lipinski definition) is 7. The minimum atomic E-state index is -4.28. The first-order valence-corrected chi connectivity index (χ1v) is 13.7. The van der Waals surface area contributed by atoms with Gasteiger partial charge in [-0.1, -0.05) is 12.1 Å². The SMILES string of the molecule is COc1ccc(OC)c(N(CC(=O)N[C@@H](C)c2cc(C)c(C)cc2C)S(=O)(=O)c2ccc(OC)c(OC)c2)c1. The van der Waals surface area contributed by atoms with Crippen molar-refractivity contribution in [3.05, 3.63) is 70.8 Å². The van der Waals surface area contributed by atoms with E-state index < -0.39 is 22.5 Å². The summed E-state index contributed by atoms with van der Waals surface area (Å²) in [6.07, 6.45) is 0.